The van der Waals surface area contributed by atoms with Gasteiger partial charge in [0.15, 0.2) is 5.76 Å². The van der Waals surface area contributed by atoms with Crippen LogP contribution in [0.1, 0.15) is 6.92 Å². The fourth-order valence-corrected chi connectivity index (χ4v) is 2.04. The van der Waals surface area contributed by atoms with Crippen LogP contribution in [0.2, 0.25) is 0 Å². The zero-order chi connectivity index (χ0) is 12.4. The second-order valence-electron chi connectivity index (χ2n) is 3.98. The monoisotopic (exact) mass is 230 g/mol. The van der Waals surface area contributed by atoms with Crippen molar-refractivity contribution in [3.8, 4) is 0 Å². The molecule has 0 aromatic heterocycles. The Labute approximate surface area is 103 Å². The molecule has 0 bridgehead atoms. The summed E-state index contributed by atoms with van der Waals surface area (Å²) >= 11 is 0. The lowest BCUT2D eigenvalue weighted by Gasteiger charge is -2.19. The third-order valence-corrected chi connectivity index (χ3v) is 2.89. The molecule has 0 fully saturated rings. The number of hydrogen-bond acceptors (Lipinski definition) is 3. The third kappa shape index (κ3) is 2.12. The van der Waals surface area contributed by atoms with E-state index in [0.717, 1.165) is 22.6 Å². The first kappa shape index (κ1) is 11.9. The van der Waals surface area contributed by atoms with Gasteiger partial charge in [0.05, 0.1) is 14.2 Å². The lowest BCUT2D eigenvalue weighted by molar-refractivity contribution is 0.208. The van der Waals surface area contributed by atoms with Gasteiger partial charge in [-0.3, -0.25) is 0 Å². The highest BCUT2D eigenvalue weighted by atomic mass is 16.5. The Hall–Kier alpha value is -1.58. The molecule has 0 amide bonds. The highest BCUT2D eigenvalue weighted by Gasteiger charge is 2.23. The van der Waals surface area contributed by atoms with Crippen molar-refractivity contribution in [2.24, 2.45) is 5.92 Å². The van der Waals surface area contributed by atoms with Crippen LogP contribution in [-0.4, -0.2) is 28.7 Å². The molecule has 4 heteroatoms. The molecule has 0 N–H and O–H groups in total. The minimum absolute atomic E-state index is 0.0901. The van der Waals surface area contributed by atoms with Gasteiger partial charge in [-0.2, -0.15) is 0 Å². The van der Waals surface area contributed by atoms with Gasteiger partial charge < -0.3 is 14.2 Å². The van der Waals surface area contributed by atoms with Gasteiger partial charge in [-0.25, -0.2) is 0 Å². The summed E-state index contributed by atoms with van der Waals surface area (Å²) < 4.78 is 16.3. The van der Waals surface area contributed by atoms with Gasteiger partial charge in [0.1, 0.15) is 26.0 Å². The Balaban J connectivity index is 2.52. The number of rotatable bonds is 2. The molecule has 0 unspecified atom stereocenters. The quantitative estimate of drug-likeness (QED) is 0.679. The van der Waals surface area contributed by atoms with Gasteiger partial charge in [0.25, 0.3) is 0 Å². The molecule has 0 aromatic carbocycles. The van der Waals surface area contributed by atoms with E-state index < -0.39 is 0 Å². The van der Waals surface area contributed by atoms with Gasteiger partial charge in [-0.15, -0.1) is 0 Å². The average Bonchev–Trinajstić information content (AvgIpc) is 2.46. The maximum Gasteiger partial charge on any atom is 0.160 e. The van der Waals surface area contributed by atoms with Crippen molar-refractivity contribution in [3.63, 3.8) is 0 Å². The summed E-state index contributed by atoms with van der Waals surface area (Å²) in [6.45, 7) is 2.52. The second kappa shape index (κ2) is 4.74. The van der Waals surface area contributed by atoms with Crippen molar-refractivity contribution in [3.05, 3.63) is 46.6 Å². The molecule has 1 heterocycles. The Morgan fingerprint density at radius 2 is 2.12 bits per heavy atom. The Morgan fingerprint density at radius 1 is 1.35 bits per heavy atom. The highest BCUT2D eigenvalue weighted by molar-refractivity contribution is 6.25. The van der Waals surface area contributed by atoms with Gasteiger partial charge in [-0.05, 0) is 0 Å². The second-order valence-corrected chi connectivity index (χ2v) is 3.98. The van der Waals surface area contributed by atoms with Crippen molar-refractivity contribution < 1.29 is 14.2 Å². The predicted octanol–water partition coefficient (Wildman–Crippen LogP) is 2.03. The van der Waals surface area contributed by atoms with E-state index in [0.29, 0.717) is 12.4 Å². The summed E-state index contributed by atoms with van der Waals surface area (Å²) in [5.41, 5.74) is 1.65. The molecule has 1 aliphatic carbocycles. The maximum absolute atomic E-state index is 5.97. The molecule has 1 aliphatic heterocycles. The van der Waals surface area contributed by atoms with Gasteiger partial charge in [0.2, 0.25) is 0 Å². The molecule has 0 spiro atoms. The van der Waals surface area contributed by atoms with E-state index in [1.165, 1.54) is 0 Å². The van der Waals surface area contributed by atoms with Gasteiger partial charge in [0, 0.05) is 17.6 Å². The summed E-state index contributed by atoms with van der Waals surface area (Å²) in [7, 11) is 9.22. The first-order valence-electron chi connectivity index (χ1n) is 5.52. The lowest BCUT2D eigenvalue weighted by atomic mass is 9.84. The van der Waals surface area contributed by atoms with Crippen molar-refractivity contribution in [2.75, 3.05) is 20.8 Å². The number of allylic oxidation sites excluding steroid dienone is 3. The number of fused-ring (bicyclic) bond motifs is 1. The van der Waals surface area contributed by atoms with E-state index in [4.69, 9.17) is 22.1 Å². The first-order chi connectivity index (χ1) is 8.17. The van der Waals surface area contributed by atoms with Gasteiger partial charge >= 0.3 is 0 Å². The summed E-state index contributed by atoms with van der Waals surface area (Å²) in [6, 6.07) is 0. The molecular formula is C13H15BO3. The average molecular weight is 230 g/mol. The van der Waals surface area contributed by atoms with Crippen LogP contribution in [-0.2, 0) is 14.2 Å². The molecule has 88 valence electrons. The molecule has 2 aliphatic rings. The summed E-state index contributed by atoms with van der Waals surface area (Å²) in [6.07, 6.45) is 5.72. The largest absolute Gasteiger partial charge is 0.497 e. The fourth-order valence-electron chi connectivity index (χ4n) is 2.04. The standard InChI is InChI=1S/C13H15BO3/c1-8-6-9-10(14)4-5-17-11(9)7-12(15-2)13(8)16-3/h4,6-8H,5H2,1-3H3/t8-/m0/s1. The summed E-state index contributed by atoms with van der Waals surface area (Å²) in [4.78, 5) is 0. The molecular weight excluding hydrogens is 215 g/mol. The van der Waals surface area contributed by atoms with Crippen LogP contribution in [0.5, 0.6) is 0 Å². The minimum Gasteiger partial charge on any atom is -0.497 e. The van der Waals surface area contributed by atoms with Gasteiger partial charge in [-0.1, -0.05) is 24.5 Å². The third-order valence-electron chi connectivity index (χ3n) is 2.89. The summed E-state index contributed by atoms with van der Waals surface area (Å²) in [5, 5.41) is 0. The highest BCUT2D eigenvalue weighted by Crippen LogP contribution is 2.32. The maximum atomic E-state index is 5.97. The van der Waals surface area contributed by atoms with Crippen molar-refractivity contribution in [1.82, 2.24) is 0 Å². The van der Waals surface area contributed by atoms with Crippen LogP contribution in [0, 0.1) is 5.92 Å². The van der Waals surface area contributed by atoms with Crippen LogP contribution < -0.4 is 0 Å². The molecule has 2 rings (SSSR count). The molecule has 0 saturated carbocycles. The molecule has 0 aromatic rings. The smallest absolute Gasteiger partial charge is 0.160 e. The number of ether oxygens (including phenoxy) is 3. The molecule has 0 saturated heterocycles. The van der Waals surface area contributed by atoms with Crippen LogP contribution in [0.4, 0.5) is 0 Å². The zero-order valence-electron chi connectivity index (χ0n) is 10.3. The zero-order valence-corrected chi connectivity index (χ0v) is 10.3. The van der Waals surface area contributed by atoms with Crippen molar-refractivity contribution >= 4 is 7.85 Å². The fraction of sp³-hybridized carbons (Fsp3) is 0.385. The van der Waals surface area contributed by atoms with Crippen molar-refractivity contribution in [1.29, 1.82) is 0 Å². The van der Waals surface area contributed by atoms with E-state index in [1.54, 1.807) is 14.2 Å². The van der Waals surface area contributed by atoms with Crippen LogP contribution >= 0.6 is 0 Å². The topological polar surface area (TPSA) is 27.7 Å². The molecule has 1 atom stereocenters. The normalized spacial score (nSPS) is 23.7. The van der Waals surface area contributed by atoms with Crippen LogP contribution in [0.3, 0.4) is 0 Å². The summed E-state index contributed by atoms with van der Waals surface area (Å²) in [5.74, 6) is 2.28. The molecule has 17 heavy (non-hydrogen) atoms. The predicted molar refractivity (Wildman–Crippen MR) is 66.2 cm³/mol. The molecule has 3 nitrogen and oxygen atoms in total. The van der Waals surface area contributed by atoms with E-state index >= 15 is 0 Å². The van der Waals surface area contributed by atoms with E-state index in [2.05, 4.69) is 0 Å². The number of methoxy groups -OCH3 is 2. The Morgan fingerprint density at radius 3 is 2.76 bits per heavy atom. The SMILES string of the molecule is [B]C1=CCOC2=CC(OC)=C(OC)[C@@H](C)C=C12. The number of hydrogen-bond donors (Lipinski definition) is 0. The first-order valence-corrected chi connectivity index (χ1v) is 5.52. The van der Waals surface area contributed by atoms with Crippen LogP contribution in [0.15, 0.2) is 46.6 Å². The Kier molecular flexibility index (Phi) is 3.32. The van der Waals surface area contributed by atoms with E-state index in [-0.39, 0.29) is 5.92 Å². The van der Waals surface area contributed by atoms with Crippen LogP contribution in [0.25, 0.3) is 0 Å². The van der Waals surface area contributed by atoms with E-state index in [1.807, 2.05) is 25.2 Å². The minimum atomic E-state index is 0.0901. The van der Waals surface area contributed by atoms with E-state index in [9.17, 15) is 0 Å². The molecule has 2 radical (unpaired) electrons. The Bertz CT molecular complexity index is 444. The van der Waals surface area contributed by atoms with Crippen molar-refractivity contribution in [2.45, 2.75) is 6.92 Å². The lowest BCUT2D eigenvalue weighted by Crippen LogP contribution is -2.07.